The first-order valence-corrected chi connectivity index (χ1v) is 15.5. The lowest BCUT2D eigenvalue weighted by atomic mass is 10.4. The summed E-state index contributed by atoms with van der Waals surface area (Å²) in [6.45, 7) is 15.8. The molecule has 0 radical (unpaired) electrons. The van der Waals surface area contributed by atoms with E-state index >= 15 is 0 Å². The average Bonchev–Trinajstić information content (AvgIpc) is 2.97. The number of rotatable bonds is 28. The molecule has 0 N–H and O–H groups in total. The first-order valence-electron chi connectivity index (χ1n) is 15.5. The van der Waals surface area contributed by atoms with Crippen molar-refractivity contribution in [1.29, 1.82) is 0 Å². The Morgan fingerprint density at radius 3 is 1.12 bits per heavy atom. The van der Waals surface area contributed by atoms with Crippen molar-refractivity contribution in [2.24, 2.45) is 0 Å². The minimum absolute atomic E-state index is 0.160. The monoisotopic (exact) mass is 572 g/mol. The summed E-state index contributed by atoms with van der Waals surface area (Å²) in [5.74, 6) is 0.597. The maximum Gasteiger partial charge on any atom is 0.284 e. The zero-order chi connectivity index (χ0) is 29.3. The molecule has 0 saturated carbocycles. The second-order valence-electron chi connectivity index (χ2n) is 9.45. The molecule has 1 aromatic heterocycles. The average molecular weight is 573 g/mol. The third-order valence-electron chi connectivity index (χ3n) is 5.57. The third-order valence-corrected chi connectivity index (χ3v) is 5.57. The van der Waals surface area contributed by atoms with E-state index in [0.717, 1.165) is 77.0 Å². The van der Waals surface area contributed by atoms with E-state index < -0.39 is 0 Å². The van der Waals surface area contributed by atoms with Crippen LogP contribution in [0.15, 0.2) is 0 Å². The summed E-state index contributed by atoms with van der Waals surface area (Å²) in [7, 11) is 0. The highest BCUT2D eigenvalue weighted by atomic mass is 17.0. The first kappa shape index (κ1) is 36.2. The van der Waals surface area contributed by atoms with E-state index in [1.165, 1.54) is 10.5 Å². The second-order valence-corrected chi connectivity index (χ2v) is 9.45. The lowest BCUT2D eigenvalue weighted by Gasteiger charge is -2.26. The predicted octanol–water partition coefficient (Wildman–Crippen LogP) is 6.72. The third kappa shape index (κ3) is 15.8. The second kappa shape index (κ2) is 24.9. The number of aromatic nitrogens is 3. The fraction of sp³-hybridized carbons (Fsp3) is 0.893. The van der Waals surface area contributed by atoms with E-state index in [1.807, 2.05) is 0 Å². The van der Waals surface area contributed by atoms with Gasteiger partial charge in [-0.15, -0.1) is 0 Å². The van der Waals surface area contributed by atoms with E-state index in [0.29, 0.717) is 39.6 Å². The van der Waals surface area contributed by atoms with Gasteiger partial charge in [0.1, 0.15) is 6.73 Å². The summed E-state index contributed by atoms with van der Waals surface area (Å²) in [6, 6.07) is 0. The number of hydrogen-bond acceptors (Lipinski definition) is 12. The van der Waals surface area contributed by atoms with Crippen molar-refractivity contribution in [3.63, 3.8) is 0 Å². The SMILES string of the molecule is CCCCOCN(OCCCC)c1nc(N(OCCCC)OCCCC)nc(N(OCCCC)OCCCC)n1. The molecule has 1 aromatic rings. The molecule has 40 heavy (non-hydrogen) atoms. The molecule has 0 fully saturated rings. The maximum atomic E-state index is 6.07. The molecular weight excluding hydrogens is 516 g/mol. The summed E-state index contributed by atoms with van der Waals surface area (Å²) >= 11 is 0. The van der Waals surface area contributed by atoms with Gasteiger partial charge in [0.25, 0.3) is 17.8 Å². The fourth-order valence-electron chi connectivity index (χ4n) is 2.96. The van der Waals surface area contributed by atoms with Crippen molar-refractivity contribution >= 4 is 17.8 Å². The molecular formula is C28H56N6O6. The zero-order valence-corrected chi connectivity index (χ0v) is 26.1. The van der Waals surface area contributed by atoms with Gasteiger partial charge in [-0.05, 0) is 38.5 Å². The van der Waals surface area contributed by atoms with Gasteiger partial charge in [-0.1, -0.05) is 90.5 Å². The highest BCUT2D eigenvalue weighted by molar-refractivity contribution is 5.41. The Morgan fingerprint density at radius 1 is 0.425 bits per heavy atom. The topological polar surface area (TPSA) is 104 Å². The van der Waals surface area contributed by atoms with Crippen LogP contribution in [0.1, 0.15) is 119 Å². The molecule has 12 nitrogen and oxygen atoms in total. The molecule has 0 atom stereocenters. The lowest BCUT2D eigenvalue weighted by Crippen LogP contribution is -2.34. The minimum atomic E-state index is 0.160. The Kier molecular flexibility index (Phi) is 22.6. The van der Waals surface area contributed by atoms with E-state index in [2.05, 4.69) is 56.5 Å². The van der Waals surface area contributed by atoms with E-state index in [1.54, 1.807) is 5.06 Å². The molecule has 0 aromatic carbocycles. The van der Waals surface area contributed by atoms with Crippen LogP contribution < -0.4 is 15.5 Å². The van der Waals surface area contributed by atoms with Crippen molar-refractivity contribution < 1.29 is 28.9 Å². The van der Waals surface area contributed by atoms with Crippen LogP contribution in [-0.4, -0.2) is 61.3 Å². The van der Waals surface area contributed by atoms with Crippen LogP contribution in [-0.2, 0) is 28.9 Å². The van der Waals surface area contributed by atoms with Crippen LogP contribution in [0.3, 0.4) is 0 Å². The Labute approximate surface area is 242 Å². The van der Waals surface area contributed by atoms with E-state index in [-0.39, 0.29) is 24.6 Å². The highest BCUT2D eigenvalue weighted by Gasteiger charge is 2.24. The number of hydroxylamine groups is 1. The van der Waals surface area contributed by atoms with Crippen LogP contribution in [0.4, 0.5) is 17.8 Å². The molecule has 1 rings (SSSR count). The standard InChI is InChI=1S/C28H56N6O6/c1-7-13-19-35-25-32(36-20-14-8-2)26-29-27(33(37-21-15-9-3)38-22-16-10-4)31-28(30-26)34(39-23-17-11-5)40-24-18-12-6/h7-25H2,1-6H3. The van der Waals surface area contributed by atoms with Gasteiger partial charge < -0.3 is 4.74 Å². The van der Waals surface area contributed by atoms with Crippen molar-refractivity contribution in [3.8, 4) is 0 Å². The highest BCUT2D eigenvalue weighted by Crippen LogP contribution is 2.22. The molecule has 1 heterocycles. The molecule has 0 spiro atoms. The van der Waals surface area contributed by atoms with Gasteiger partial charge in [0.15, 0.2) is 0 Å². The van der Waals surface area contributed by atoms with Gasteiger partial charge in [0.05, 0.1) is 33.0 Å². The van der Waals surface area contributed by atoms with Crippen molar-refractivity contribution in [1.82, 2.24) is 15.0 Å². The van der Waals surface area contributed by atoms with Crippen LogP contribution in [0.25, 0.3) is 0 Å². The van der Waals surface area contributed by atoms with Crippen LogP contribution >= 0.6 is 0 Å². The Hall–Kier alpha value is -1.83. The van der Waals surface area contributed by atoms with Crippen molar-refractivity contribution in [2.75, 3.05) is 61.9 Å². The maximum absolute atomic E-state index is 6.07. The smallest absolute Gasteiger partial charge is 0.284 e. The predicted molar refractivity (Wildman–Crippen MR) is 157 cm³/mol. The summed E-state index contributed by atoms with van der Waals surface area (Å²) < 4.78 is 5.89. The van der Waals surface area contributed by atoms with Crippen molar-refractivity contribution in [2.45, 2.75) is 119 Å². The number of anilines is 3. The Balaban J connectivity index is 3.46. The van der Waals surface area contributed by atoms with Gasteiger partial charge in [-0.2, -0.15) is 20.0 Å². The van der Waals surface area contributed by atoms with E-state index in [9.17, 15) is 0 Å². The molecule has 0 aliphatic rings. The molecule has 0 amide bonds. The quantitative estimate of drug-likeness (QED) is 0.0604. The summed E-state index contributed by atoms with van der Waals surface area (Å²) in [6.07, 6.45) is 11.2. The van der Waals surface area contributed by atoms with Crippen LogP contribution in [0.2, 0.25) is 0 Å². The van der Waals surface area contributed by atoms with Crippen LogP contribution in [0, 0.1) is 0 Å². The molecule has 0 bridgehead atoms. The van der Waals surface area contributed by atoms with Gasteiger partial charge in [0.2, 0.25) is 0 Å². The lowest BCUT2D eigenvalue weighted by molar-refractivity contribution is -0.0989. The fourth-order valence-corrected chi connectivity index (χ4v) is 2.96. The molecule has 12 heteroatoms. The largest absolute Gasteiger partial charge is 0.359 e. The van der Waals surface area contributed by atoms with Gasteiger partial charge in [-0.3, -0.25) is 4.84 Å². The molecule has 234 valence electrons. The Morgan fingerprint density at radius 2 is 0.750 bits per heavy atom. The molecule has 0 aliphatic heterocycles. The number of hydrogen-bond donors (Lipinski definition) is 0. The Bertz CT molecular complexity index is 658. The molecule has 0 unspecified atom stereocenters. The van der Waals surface area contributed by atoms with Crippen LogP contribution in [0.5, 0.6) is 0 Å². The van der Waals surface area contributed by atoms with Gasteiger partial charge in [0, 0.05) is 6.61 Å². The summed E-state index contributed by atoms with van der Waals surface area (Å²) in [4.78, 5) is 43.9. The number of unbranched alkanes of at least 4 members (excludes halogenated alkanes) is 6. The number of nitrogens with zero attached hydrogens (tertiary/aromatic N) is 6. The molecule has 0 aliphatic carbocycles. The van der Waals surface area contributed by atoms with E-state index in [4.69, 9.17) is 28.9 Å². The minimum Gasteiger partial charge on any atom is -0.359 e. The number of ether oxygens (including phenoxy) is 1. The summed E-state index contributed by atoms with van der Waals surface area (Å²) in [5.41, 5.74) is 0. The summed E-state index contributed by atoms with van der Waals surface area (Å²) in [5, 5.41) is 4.10. The van der Waals surface area contributed by atoms with Crippen molar-refractivity contribution in [3.05, 3.63) is 0 Å². The van der Waals surface area contributed by atoms with Gasteiger partial charge in [-0.25, -0.2) is 19.4 Å². The first-order chi connectivity index (χ1) is 19.6. The zero-order valence-electron chi connectivity index (χ0n) is 26.1. The molecule has 0 saturated heterocycles. The normalized spacial score (nSPS) is 11.2. The van der Waals surface area contributed by atoms with Gasteiger partial charge >= 0.3 is 0 Å².